The van der Waals surface area contributed by atoms with Crippen LogP contribution in [-0.2, 0) is 5.75 Å². The van der Waals surface area contributed by atoms with E-state index < -0.39 is 0 Å². The van der Waals surface area contributed by atoms with Crippen molar-refractivity contribution in [3.05, 3.63) is 54.1 Å². The predicted molar refractivity (Wildman–Crippen MR) is 95.9 cm³/mol. The Morgan fingerprint density at radius 1 is 1.20 bits per heavy atom. The molecule has 0 saturated heterocycles. The summed E-state index contributed by atoms with van der Waals surface area (Å²) < 4.78 is 11.3. The van der Waals surface area contributed by atoms with E-state index in [9.17, 15) is 0 Å². The molecule has 0 radical (unpaired) electrons. The molecule has 0 saturated carbocycles. The number of nitrogens with zero attached hydrogens (tertiary/aromatic N) is 4. The molecule has 4 aromatic rings. The maximum Gasteiger partial charge on any atom is 0.238 e. The minimum Gasteiger partial charge on any atom is -0.461 e. The summed E-state index contributed by atoms with van der Waals surface area (Å²) in [6.07, 6.45) is 1.57. The number of nitrogens with one attached hydrogen (secondary N) is 1. The zero-order valence-electron chi connectivity index (χ0n) is 13.2. The van der Waals surface area contributed by atoms with Crippen molar-refractivity contribution >= 4 is 33.9 Å². The number of rotatable bonds is 6. The quantitative estimate of drug-likeness (QED) is 0.495. The van der Waals surface area contributed by atoms with Crippen LogP contribution < -0.4 is 5.32 Å². The van der Waals surface area contributed by atoms with Gasteiger partial charge in [0.15, 0.2) is 10.1 Å². The smallest absolute Gasteiger partial charge is 0.238 e. The second-order valence-corrected chi connectivity index (χ2v) is 7.35. The van der Waals surface area contributed by atoms with Crippen LogP contribution in [0.15, 0.2) is 55.9 Å². The summed E-state index contributed by atoms with van der Waals surface area (Å²) in [6, 6.07) is 11.7. The Morgan fingerprint density at radius 3 is 3.00 bits per heavy atom. The zero-order chi connectivity index (χ0) is 17.1. The summed E-state index contributed by atoms with van der Waals surface area (Å²) in [7, 11) is 0. The highest BCUT2D eigenvalue weighted by molar-refractivity contribution is 8.00. The second-order valence-electron chi connectivity index (χ2n) is 5.15. The van der Waals surface area contributed by atoms with Gasteiger partial charge in [-0.15, -0.1) is 10.2 Å². The van der Waals surface area contributed by atoms with Gasteiger partial charge >= 0.3 is 0 Å². The molecule has 126 valence electrons. The minimum atomic E-state index is 0.444. The van der Waals surface area contributed by atoms with Crippen LogP contribution in [-0.4, -0.2) is 20.3 Å². The van der Waals surface area contributed by atoms with E-state index in [0.717, 1.165) is 15.2 Å². The molecule has 7 nitrogen and oxygen atoms in total. The number of hydrogen-bond donors (Lipinski definition) is 1. The van der Waals surface area contributed by atoms with Crippen molar-refractivity contribution in [1.82, 2.24) is 20.3 Å². The van der Waals surface area contributed by atoms with E-state index in [0.29, 0.717) is 23.2 Å². The van der Waals surface area contributed by atoms with Gasteiger partial charge in [0.05, 0.1) is 12.0 Å². The number of furan rings is 1. The molecular formula is C16H13N5O2S2. The van der Waals surface area contributed by atoms with Gasteiger partial charge in [-0.05, 0) is 36.8 Å². The van der Waals surface area contributed by atoms with Crippen LogP contribution >= 0.6 is 23.1 Å². The first kappa shape index (κ1) is 15.9. The Kier molecular flexibility index (Phi) is 4.49. The number of benzene rings is 1. The van der Waals surface area contributed by atoms with Crippen molar-refractivity contribution in [2.24, 2.45) is 0 Å². The highest BCUT2D eigenvalue weighted by atomic mass is 32.2. The van der Waals surface area contributed by atoms with Gasteiger partial charge in [-0.2, -0.15) is 4.98 Å². The van der Waals surface area contributed by atoms with Crippen LogP contribution in [0.25, 0.3) is 11.6 Å². The first-order valence-corrected chi connectivity index (χ1v) is 9.23. The van der Waals surface area contributed by atoms with E-state index in [1.807, 2.05) is 25.1 Å². The monoisotopic (exact) mass is 371 g/mol. The van der Waals surface area contributed by atoms with Crippen LogP contribution in [0, 0.1) is 6.92 Å². The first-order valence-electron chi connectivity index (χ1n) is 7.43. The number of hydrogen-bond acceptors (Lipinski definition) is 9. The number of aromatic nitrogens is 4. The first-order chi connectivity index (χ1) is 12.3. The Balaban J connectivity index is 1.37. The van der Waals surface area contributed by atoms with Crippen LogP contribution in [0.2, 0.25) is 0 Å². The normalized spacial score (nSPS) is 10.9. The maximum atomic E-state index is 5.24. The molecule has 3 heterocycles. The van der Waals surface area contributed by atoms with Gasteiger partial charge in [-0.25, -0.2) is 0 Å². The van der Waals surface area contributed by atoms with E-state index in [-0.39, 0.29) is 0 Å². The molecule has 0 atom stereocenters. The van der Waals surface area contributed by atoms with E-state index >= 15 is 0 Å². The molecule has 0 fully saturated rings. The SMILES string of the molecule is Cc1cccc(Nc2nnc(SCc3nc(-c4ccco4)no3)s2)c1. The predicted octanol–water partition coefficient (Wildman–Crippen LogP) is 4.53. The van der Waals surface area contributed by atoms with Gasteiger partial charge in [-0.3, -0.25) is 0 Å². The molecule has 25 heavy (non-hydrogen) atoms. The summed E-state index contributed by atoms with van der Waals surface area (Å²) in [5, 5.41) is 16.2. The van der Waals surface area contributed by atoms with Gasteiger partial charge in [-0.1, -0.05) is 40.4 Å². The molecule has 0 spiro atoms. The Morgan fingerprint density at radius 2 is 2.16 bits per heavy atom. The number of anilines is 2. The molecule has 4 rings (SSSR count). The molecular weight excluding hydrogens is 358 g/mol. The molecule has 0 aliphatic carbocycles. The molecule has 0 aliphatic rings. The Labute approximate surface area is 151 Å². The van der Waals surface area contributed by atoms with Crippen molar-refractivity contribution in [2.75, 3.05) is 5.32 Å². The standard InChI is InChI=1S/C16H13N5O2S2/c1-10-4-2-5-11(8-10)17-15-19-20-16(25-15)24-9-13-18-14(21-23-13)12-6-3-7-22-12/h2-8H,9H2,1H3,(H,17,19). The van der Waals surface area contributed by atoms with E-state index in [1.54, 1.807) is 18.4 Å². The molecule has 0 aliphatic heterocycles. The Bertz CT molecular complexity index is 965. The van der Waals surface area contributed by atoms with E-state index in [4.69, 9.17) is 8.94 Å². The largest absolute Gasteiger partial charge is 0.461 e. The average Bonchev–Trinajstić information content (AvgIpc) is 3.34. The second kappa shape index (κ2) is 7.08. The summed E-state index contributed by atoms with van der Waals surface area (Å²) in [5.74, 6) is 2.06. The fraction of sp³-hybridized carbons (Fsp3) is 0.125. The third-order valence-corrected chi connectivity index (χ3v) is 5.16. The molecule has 1 aromatic carbocycles. The lowest BCUT2D eigenvalue weighted by Gasteiger charge is -2.01. The fourth-order valence-electron chi connectivity index (χ4n) is 2.11. The zero-order valence-corrected chi connectivity index (χ0v) is 14.8. The van der Waals surface area contributed by atoms with Crippen LogP contribution in [0.1, 0.15) is 11.5 Å². The van der Waals surface area contributed by atoms with Crippen molar-refractivity contribution in [3.8, 4) is 11.6 Å². The van der Waals surface area contributed by atoms with Crippen LogP contribution in [0.5, 0.6) is 0 Å². The van der Waals surface area contributed by atoms with Crippen molar-refractivity contribution in [3.63, 3.8) is 0 Å². The van der Waals surface area contributed by atoms with Crippen LogP contribution in [0.3, 0.4) is 0 Å². The van der Waals surface area contributed by atoms with E-state index in [2.05, 4.69) is 31.7 Å². The van der Waals surface area contributed by atoms with Crippen molar-refractivity contribution < 1.29 is 8.94 Å². The highest BCUT2D eigenvalue weighted by Gasteiger charge is 2.12. The molecule has 0 amide bonds. The van der Waals surface area contributed by atoms with Gasteiger partial charge in [0.2, 0.25) is 16.8 Å². The van der Waals surface area contributed by atoms with Crippen molar-refractivity contribution in [1.29, 1.82) is 0 Å². The van der Waals surface area contributed by atoms with Crippen molar-refractivity contribution in [2.45, 2.75) is 17.0 Å². The average molecular weight is 371 g/mol. The van der Waals surface area contributed by atoms with E-state index in [1.165, 1.54) is 28.7 Å². The third kappa shape index (κ3) is 3.89. The Hall–Kier alpha value is -2.65. The summed E-state index contributed by atoms with van der Waals surface area (Å²) in [5.41, 5.74) is 2.18. The van der Waals surface area contributed by atoms with Gasteiger partial charge in [0.25, 0.3) is 0 Å². The maximum absolute atomic E-state index is 5.24. The highest BCUT2D eigenvalue weighted by Crippen LogP contribution is 2.30. The number of thioether (sulfide) groups is 1. The van der Waals surface area contributed by atoms with Gasteiger partial charge in [0.1, 0.15) is 0 Å². The molecule has 1 N–H and O–H groups in total. The molecule has 9 heteroatoms. The molecule has 0 unspecified atom stereocenters. The summed E-state index contributed by atoms with van der Waals surface area (Å²) in [4.78, 5) is 4.30. The van der Waals surface area contributed by atoms with Crippen LogP contribution in [0.4, 0.5) is 10.8 Å². The topological polar surface area (TPSA) is 89.9 Å². The minimum absolute atomic E-state index is 0.444. The summed E-state index contributed by atoms with van der Waals surface area (Å²) >= 11 is 2.98. The molecule has 3 aromatic heterocycles. The lowest BCUT2D eigenvalue weighted by atomic mass is 10.2. The fourth-order valence-corrected chi connectivity index (χ4v) is 3.72. The lowest BCUT2D eigenvalue weighted by molar-refractivity contribution is 0.390. The summed E-state index contributed by atoms with van der Waals surface area (Å²) in [6.45, 7) is 2.05. The van der Waals surface area contributed by atoms with Gasteiger partial charge in [0, 0.05) is 5.69 Å². The lowest BCUT2D eigenvalue weighted by Crippen LogP contribution is -1.89. The third-order valence-electron chi connectivity index (χ3n) is 3.20. The molecule has 0 bridgehead atoms. The van der Waals surface area contributed by atoms with Gasteiger partial charge < -0.3 is 14.3 Å². The number of aryl methyl sites for hydroxylation is 1.